The number of nitrogens with zero attached hydrogens (tertiary/aromatic N) is 2. The van der Waals surface area contributed by atoms with Crippen LogP contribution >= 0.6 is 0 Å². The van der Waals surface area contributed by atoms with Gasteiger partial charge in [-0.15, -0.1) is 0 Å². The zero-order valence-electron chi connectivity index (χ0n) is 8.84. The molecule has 1 rings (SSSR count). The Morgan fingerprint density at radius 1 is 1.56 bits per heavy atom. The second kappa shape index (κ2) is 5.09. The first-order chi connectivity index (χ1) is 7.58. The van der Waals surface area contributed by atoms with Crippen LogP contribution in [-0.4, -0.2) is 18.3 Å². The molecule has 0 saturated carbocycles. The molecule has 0 aromatic heterocycles. The fourth-order valence-electron chi connectivity index (χ4n) is 1.06. The molecule has 0 saturated heterocycles. The minimum Gasteiger partial charge on any atom is -0.458 e. The first-order valence-corrected chi connectivity index (χ1v) is 4.46. The maximum Gasteiger partial charge on any atom is 0.312 e. The minimum atomic E-state index is -0.599. The standard InChI is InChI=1S/C10H10N2O4/c1-7(15-2)16-10-4-3-8(6-11)5-9(10)12(13)14/h3-5,7H,1-2H3. The van der Waals surface area contributed by atoms with Crippen LogP contribution in [0, 0.1) is 21.4 Å². The Morgan fingerprint density at radius 2 is 2.25 bits per heavy atom. The Bertz CT molecular complexity index is 439. The lowest BCUT2D eigenvalue weighted by atomic mass is 10.2. The van der Waals surface area contributed by atoms with E-state index in [1.807, 2.05) is 6.07 Å². The molecule has 0 radical (unpaired) electrons. The van der Waals surface area contributed by atoms with E-state index in [1.165, 1.54) is 19.2 Å². The first kappa shape index (κ1) is 11.9. The van der Waals surface area contributed by atoms with Crippen molar-refractivity contribution in [3.63, 3.8) is 0 Å². The molecule has 6 nitrogen and oxygen atoms in total. The van der Waals surface area contributed by atoms with Crippen LogP contribution in [0.4, 0.5) is 5.69 Å². The molecule has 0 aliphatic rings. The van der Waals surface area contributed by atoms with E-state index in [9.17, 15) is 10.1 Å². The van der Waals surface area contributed by atoms with E-state index in [1.54, 1.807) is 6.92 Å². The molecule has 1 aromatic rings. The van der Waals surface area contributed by atoms with Gasteiger partial charge in [0, 0.05) is 13.2 Å². The third-order valence-electron chi connectivity index (χ3n) is 1.91. The van der Waals surface area contributed by atoms with E-state index in [0.717, 1.165) is 6.07 Å². The summed E-state index contributed by atoms with van der Waals surface area (Å²) in [4.78, 5) is 10.1. The molecule has 0 aliphatic heterocycles. The lowest BCUT2D eigenvalue weighted by molar-refractivity contribution is -0.386. The Hall–Kier alpha value is -2.13. The summed E-state index contributed by atoms with van der Waals surface area (Å²) in [6, 6.07) is 5.82. The van der Waals surface area contributed by atoms with Gasteiger partial charge in [-0.2, -0.15) is 5.26 Å². The van der Waals surface area contributed by atoms with Crippen molar-refractivity contribution in [3.05, 3.63) is 33.9 Å². The summed E-state index contributed by atoms with van der Waals surface area (Å²) in [5, 5.41) is 19.4. The number of hydrogen-bond donors (Lipinski definition) is 0. The Labute approximate surface area is 92.2 Å². The van der Waals surface area contributed by atoms with E-state index in [-0.39, 0.29) is 17.0 Å². The number of nitriles is 1. The monoisotopic (exact) mass is 222 g/mol. The zero-order chi connectivity index (χ0) is 12.1. The lowest BCUT2D eigenvalue weighted by Gasteiger charge is -2.12. The van der Waals surface area contributed by atoms with Crippen molar-refractivity contribution < 1.29 is 14.4 Å². The molecule has 0 bridgehead atoms. The summed E-state index contributed by atoms with van der Waals surface area (Å²) >= 11 is 0. The van der Waals surface area contributed by atoms with Gasteiger partial charge in [-0.3, -0.25) is 10.1 Å². The third kappa shape index (κ3) is 2.68. The molecule has 16 heavy (non-hydrogen) atoms. The maximum absolute atomic E-state index is 10.7. The fraction of sp³-hybridized carbons (Fsp3) is 0.300. The summed E-state index contributed by atoms with van der Waals surface area (Å²) in [6.07, 6.45) is -0.591. The molecule has 1 unspecified atom stereocenters. The highest BCUT2D eigenvalue weighted by Gasteiger charge is 2.17. The number of methoxy groups -OCH3 is 1. The van der Waals surface area contributed by atoms with Crippen LogP contribution < -0.4 is 4.74 Å². The third-order valence-corrected chi connectivity index (χ3v) is 1.91. The first-order valence-electron chi connectivity index (χ1n) is 4.46. The second-order valence-corrected chi connectivity index (χ2v) is 2.97. The number of nitro benzene ring substituents is 1. The predicted molar refractivity (Wildman–Crippen MR) is 54.9 cm³/mol. The van der Waals surface area contributed by atoms with Gasteiger partial charge in [0.25, 0.3) is 0 Å². The van der Waals surface area contributed by atoms with Crippen molar-refractivity contribution in [2.24, 2.45) is 0 Å². The number of hydrogen-bond acceptors (Lipinski definition) is 5. The van der Waals surface area contributed by atoms with Crippen LogP contribution in [0.2, 0.25) is 0 Å². The summed E-state index contributed by atoms with van der Waals surface area (Å²) in [6.45, 7) is 1.61. The van der Waals surface area contributed by atoms with Gasteiger partial charge in [0.1, 0.15) is 0 Å². The van der Waals surface area contributed by atoms with Crippen LogP contribution in [0.15, 0.2) is 18.2 Å². The highest BCUT2D eigenvalue weighted by molar-refractivity contribution is 5.51. The molecule has 1 aromatic carbocycles. The highest BCUT2D eigenvalue weighted by atomic mass is 16.7. The quantitative estimate of drug-likeness (QED) is 0.440. The summed E-state index contributed by atoms with van der Waals surface area (Å²) in [5.74, 6) is 0.0818. The maximum atomic E-state index is 10.7. The summed E-state index contributed by atoms with van der Waals surface area (Å²) < 4.78 is 10.0. The largest absolute Gasteiger partial charge is 0.458 e. The molecule has 0 N–H and O–H groups in total. The molecule has 0 fully saturated rings. The average Bonchev–Trinajstić information content (AvgIpc) is 2.29. The zero-order valence-corrected chi connectivity index (χ0v) is 8.84. The van der Waals surface area contributed by atoms with Gasteiger partial charge in [-0.1, -0.05) is 0 Å². The molecule has 0 heterocycles. The van der Waals surface area contributed by atoms with Crippen LogP contribution in [-0.2, 0) is 4.74 Å². The van der Waals surface area contributed by atoms with Crippen LogP contribution in [0.3, 0.4) is 0 Å². The normalized spacial score (nSPS) is 11.6. The van der Waals surface area contributed by atoms with Gasteiger partial charge in [0.05, 0.1) is 16.6 Å². The average molecular weight is 222 g/mol. The molecule has 1 atom stereocenters. The van der Waals surface area contributed by atoms with Gasteiger partial charge in [-0.05, 0) is 19.1 Å². The van der Waals surface area contributed by atoms with Crippen LogP contribution in [0.25, 0.3) is 0 Å². The Kier molecular flexibility index (Phi) is 3.80. The van der Waals surface area contributed by atoms with Gasteiger partial charge in [0.2, 0.25) is 0 Å². The number of nitro groups is 1. The van der Waals surface area contributed by atoms with Crippen molar-refractivity contribution in [3.8, 4) is 11.8 Å². The van der Waals surface area contributed by atoms with E-state index < -0.39 is 11.2 Å². The Morgan fingerprint density at radius 3 is 2.75 bits per heavy atom. The smallest absolute Gasteiger partial charge is 0.312 e. The van der Waals surface area contributed by atoms with Crippen molar-refractivity contribution in [2.75, 3.05) is 7.11 Å². The van der Waals surface area contributed by atoms with E-state index >= 15 is 0 Å². The number of rotatable bonds is 4. The fourth-order valence-corrected chi connectivity index (χ4v) is 1.06. The van der Waals surface area contributed by atoms with Crippen LogP contribution in [0.5, 0.6) is 5.75 Å². The highest BCUT2D eigenvalue weighted by Crippen LogP contribution is 2.28. The summed E-state index contributed by atoms with van der Waals surface area (Å²) in [7, 11) is 1.43. The van der Waals surface area contributed by atoms with Crippen molar-refractivity contribution in [2.45, 2.75) is 13.2 Å². The molecule has 0 amide bonds. The van der Waals surface area contributed by atoms with Gasteiger partial charge < -0.3 is 9.47 Å². The lowest BCUT2D eigenvalue weighted by Crippen LogP contribution is -2.14. The number of benzene rings is 1. The molecular formula is C10H10N2O4. The van der Waals surface area contributed by atoms with Gasteiger partial charge in [-0.25, -0.2) is 0 Å². The molecule has 84 valence electrons. The molecule has 6 heteroatoms. The van der Waals surface area contributed by atoms with Crippen molar-refractivity contribution >= 4 is 5.69 Å². The molecule has 0 aliphatic carbocycles. The van der Waals surface area contributed by atoms with Gasteiger partial charge in [0.15, 0.2) is 12.0 Å². The topological polar surface area (TPSA) is 85.4 Å². The van der Waals surface area contributed by atoms with Crippen molar-refractivity contribution in [1.29, 1.82) is 5.26 Å². The van der Waals surface area contributed by atoms with E-state index in [4.69, 9.17) is 14.7 Å². The molecule has 0 spiro atoms. The predicted octanol–water partition coefficient (Wildman–Crippen LogP) is 1.84. The second-order valence-electron chi connectivity index (χ2n) is 2.97. The Balaban J connectivity index is 3.09. The van der Waals surface area contributed by atoms with Gasteiger partial charge >= 0.3 is 5.69 Å². The summed E-state index contributed by atoms with van der Waals surface area (Å²) in [5.41, 5.74) is -0.0351. The van der Waals surface area contributed by atoms with E-state index in [0.29, 0.717) is 0 Å². The molecular weight excluding hydrogens is 212 g/mol. The number of ether oxygens (including phenoxy) is 2. The van der Waals surface area contributed by atoms with E-state index in [2.05, 4.69) is 0 Å². The SMILES string of the molecule is COC(C)Oc1ccc(C#N)cc1[N+](=O)[O-]. The van der Waals surface area contributed by atoms with Crippen molar-refractivity contribution in [1.82, 2.24) is 0 Å². The van der Waals surface area contributed by atoms with Crippen LogP contribution in [0.1, 0.15) is 12.5 Å². The minimum absolute atomic E-state index is 0.0818.